The number of aliphatic carboxylic acids is 1. The Labute approximate surface area is 121 Å². The maximum Gasteiger partial charge on any atom is 0.326 e. The van der Waals surface area contributed by atoms with Crippen LogP contribution < -0.4 is 5.32 Å². The van der Waals surface area contributed by atoms with Crippen LogP contribution in [0.15, 0.2) is 18.2 Å². The van der Waals surface area contributed by atoms with Crippen molar-refractivity contribution in [1.29, 1.82) is 0 Å². The minimum atomic E-state index is -1.06. The average Bonchev–Trinajstić information content (AvgIpc) is 2.26. The third-order valence-electron chi connectivity index (χ3n) is 2.49. The Kier molecular flexibility index (Phi) is 5.63. The standard InChI is InChI=1S/C13H15Cl2NO3/c1-7(2)5-11(13(18)19)16-12(17)9-4-3-8(14)6-10(9)15/h3-4,6-7,11H,5H2,1-2H3,(H,16,17)(H,18,19)/t11-/m0/s1. The topological polar surface area (TPSA) is 66.4 Å². The summed E-state index contributed by atoms with van der Waals surface area (Å²) in [5.41, 5.74) is 0.209. The van der Waals surface area contributed by atoms with Gasteiger partial charge in [0.1, 0.15) is 6.04 Å². The highest BCUT2D eigenvalue weighted by Crippen LogP contribution is 2.21. The average molecular weight is 304 g/mol. The maximum absolute atomic E-state index is 12.0. The maximum atomic E-state index is 12.0. The molecule has 0 fully saturated rings. The molecule has 0 heterocycles. The van der Waals surface area contributed by atoms with Gasteiger partial charge in [-0.1, -0.05) is 37.0 Å². The minimum Gasteiger partial charge on any atom is -0.480 e. The van der Waals surface area contributed by atoms with Gasteiger partial charge in [0.05, 0.1) is 10.6 Å². The first-order valence-electron chi connectivity index (χ1n) is 5.80. The molecule has 0 unspecified atom stereocenters. The molecule has 104 valence electrons. The van der Waals surface area contributed by atoms with Crippen molar-refractivity contribution in [3.8, 4) is 0 Å². The van der Waals surface area contributed by atoms with Crippen LogP contribution in [0.5, 0.6) is 0 Å². The first-order chi connectivity index (χ1) is 8.81. The second kappa shape index (κ2) is 6.78. The van der Waals surface area contributed by atoms with E-state index in [1.54, 1.807) is 0 Å². The van der Waals surface area contributed by atoms with E-state index >= 15 is 0 Å². The van der Waals surface area contributed by atoms with Gasteiger partial charge in [0.25, 0.3) is 5.91 Å². The Morgan fingerprint density at radius 3 is 2.42 bits per heavy atom. The Hall–Kier alpha value is -1.26. The Morgan fingerprint density at radius 1 is 1.32 bits per heavy atom. The quantitative estimate of drug-likeness (QED) is 0.877. The van der Waals surface area contributed by atoms with Crippen LogP contribution in [0.3, 0.4) is 0 Å². The van der Waals surface area contributed by atoms with Crippen LogP contribution in [0.1, 0.15) is 30.6 Å². The molecule has 19 heavy (non-hydrogen) atoms. The fourth-order valence-electron chi connectivity index (χ4n) is 1.60. The zero-order valence-electron chi connectivity index (χ0n) is 10.6. The molecule has 0 saturated heterocycles. The Bertz CT molecular complexity index is 489. The third-order valence-corrected chi connectivity index (χ3v) is 3.03. The largest absolute Gasteiger partial charge is 0.480 e. The molecule has 0 aromatic heterocycles. The van der Waals surface area contributed by atoms with Gasteiger partial charge in [0.2, 0.25) is 0 Å². The van der Waals surface area contributed by atoms with Crippen molar-refractivity contribution in [1.82, 2.24) is 5.32 Å². The fraction of sp³-hybridized carbons (Fsp3) is 0.385. The van der Waals surface area contributed by atoms with Crippen molar-refractivity contribution >= 4 is 35.1 Å². The molecule has 0 aliphatic carbocycles. The van der Waals surface area contributed by atoms with E-state index in [0.29, 0.717) is 11.4 Å². The van der Waals surface area contributed by atoms with E-state index in [0.717, 1.165) is 0 Å². The lowest BCUT2D eigenvalue weighted by Crippen LogP contribution is -2.41. The molecule has 6 heteroatoms. The highest BCUT2D eigenvalue weighted by molar-refractivity contribution is 6.36. The fourth-order valence-corrected chi connectivity index (χ4v) is 2.10. The number of amides is 1. The molecular formula is C13H15Cl2NO3. The van der Waals surface area contributed by atoms with E-state index in [1.807, 2.05) is 13.8 Å². The second-order valence-electron chi connectivity index (χ2n) is 4.62. The number of nitrogens with one attached hydrogen (secondary N) is 1. The number of carbonyl (C=O) groups is 2. The first-order valence-corrected chi connectivity index (χ1v) is 6.55. The van der Waals surface area contributed by atoms with Crippen molar-refractivity contribution in [3.63, 3.8) is 0 Å². The van der Waals surface area contributed by atoms with Gasteiger partial charge in [-0.3, -0.25) is 4.79 Å². The molecule has 1 aromatic carbocycles. The van der Waals surface area contributed by atoms with Gasteiger partial charge in [-0.25, -0.2) is 4.79 Å². The molecule has 0 radical (unpaired) electrons. The number of hydrogen-bond acceptors (Lipinski definition) is 2. The smallest absolute Gasteiger partial charge is 0.326 e. The van der Waals surface area contributed by atoms with Gasteiger partial charge in [-0.15, -0.1) is 0 Å². The van der Waals surface area contributed by atoms with E-state index in [-0.39, 0.29) is 16.5 Å². The van der Waals surface area contributed by atoms with Crippen molar-refractivity contribution in [3.05, 3.63) is 33.8 Å². The second-order valence-corrected chi connectivity index (χ2v) is 5.46. The summed E-state index contributed by atoms with van der Waals surface area (Å²) in [5.74, 6) is -1.43. The third kappa shape index (κ3) is 4.73. The van der Waals surface area contributed by atoms with Gasteiger partial charge in [0, 0.05) is 5.02 Å². The molecule has 1 atom stereocenters. The molecule has 1 aromatic rings. The number of carbonyl (C=O) groups excluding carboxylic acids is 1. The summed E-state index contributed by atoms with van der Waals surface area (Å²) >= 11 is 11.6. The van der Waals surface area contributed by atoms with Crippen LogP contribution in [-0.4, -0.2) is 23.0 Å². The zero-order valence-corrected chi connectivity index (χ0v) is 12.1. The van der Waals surface area contributed by atoms with Crippen LogP contribution in [0, 0.1) is 5.92 Å². The lowest BCUT2D eigenvalue weighted by Gasteiger charge is -2.16. The SMILES string of the molecule is CC(C)C[C@H](NC(=O)c1ccc(Cl)cc1Cl)C(=O)O. The first kappa shape index (κ1) is 15.8. The van der Waals surface area contributed by atoms with Crippen LogP contribution in [0.2, 0.25) is 10.0 Å². The van der Waals surface area contributed by atoms with Crippen LogP contribution in [-0.2, 0) is 4.79 Å². The lowest BCUT2D eigenvalue weighted by molar-refractivity contribution is -0.139. The van der Waals surface area contributed by atoms with Crippen molar-refractivity contribution < 1.29 is 14.7 Å². The molecule has 2 N–H and O–H groups in total. The van der Waals surface area contributed by atoms with Gasteiger partial charge >= 0.3 is 5.97 Å². The van der Waals surface area contributed by atoms with Crippen LogP contribution in [0.25, 0.3) is 0 Å². The van der Waals surface area contributed by atoms with Crippen molar-refractivity contribution in [2.45, 2.75) is 26.3 Å². The Balaban J connectivity index is 2.84. The summed E-state index contributed by atoms with van der Waals surface area (Å²) in [6.45, 7) is 3.77. The normalized spacial score (nSPS) is 12.3. The molecular weight excluding hydrogens is 289 g/mol. The molecule has 1 rings (SSSR count). The van der Waals surface area contributed by atoms with E-state index in [1.165, 1.54) is 18.2 Å². The molecule has 0 spiro atoms. The van der Waals surface area contributed by atoms with Crippen molar-refractivity contribution in [2.24, 2.45) is 5.92 Å². The van der Waals surface area contributed by atoms with Crippen LogP contribution >= 0.6 is 23.2 Å². The highest BCUT2D eigenvalue weighted by Gasteiger charge is 2.22. The predicted molar refractivity (Wildman–Crippen MR) is 74.8 cm³/mol. The van der Waals surface area contributed by atoms with Gasteiger partial charge in [-0.2, -0.15) is 0 Å². The van der Waals surface area contributed by atoms with Gasteiger partial charge in [-0.05, 0) is 30.5 Å². The Morgan fingerprint density at radius 2 is 1.95 bits per heavy atom. The molecule has 0 aliphatic heterocycles. The summed E-state index contributed by atoms with van der Waals surface area (Å²) in [6, 6.07) is 3.50. The number of rotatable bonds is 5. The van der Waals surface area contributed by atoms with E-state index in [2.05, 4.69) is 5.32 Å². The summed E-state index contributed by atoms with van der Waals surface area (Å²) in [5, 5.41) is 12.1. The number of carboxylic acids is 1. The monoisotopic (exact) mass is 303 g/mol. The van der Waals surface area contributed by atoms with E-state index in [9.17, 15) is 9.59 Å². The minimum absolute atomic E-state index is 0.155. The number of hydrogen-bond donors (Lipinski definition) is 2. The van der Waals surface area contributed by atoms with Crippen LogP contribution in [0.4, 0.5) is 0 Å². The molecule has 0 aliphatic rings. The number of benzene rings is 1. The van der Waals surface area contributed by atoms with Gasteiger partial charge in [0.15, 0.2) is 0 Å². The van der Waals surface area contributed by atoms with E-state index in [4.69, 9.17) is 28.3 Å². The number of halogens is 2. The van der Waals surface area contributed by atoms with E-state index < -0.39 is 17.9 Å². The molecule has 1 amide bonds. The van der Waals surface area contributed by atoms with Crippen molar-refractivity contribution in [2.75, 3.05) is 0 Å². The number of carboxylic acid groups (broad SMARTS) is 1. The summed E-state index contributed by atoms with van der Waals surface area (Å²) in [4.78, 5) is 23.0. The molecule has 4 nitrogen and oxygen atoms in total. The zero-order chi connectivity index (χ0) is 14.6. The lowest BCUT2D eigenvalue weighted by atomic mass is 10.0. The highest BCUT2D eigenvalue weighted by atomic mass is 35.5. The summed E-state index contributed by atoms with van der Waals surface area (Å²) in [7, 11) is 0. The van der Waals surface area contributed by atoms with Gasteiger partial charge < -0.3 is 10.4 Å². The summed E-state index contributed by atoms with van der Waals surface area (Å²) < 4.78 is 0. The summed E-state index contributed by atoms with van der Waals surface area (Å²) in [6.07, 6.45) is 0.353. The predicted octanol–water partition coefficient (Wildman–Crippen LogP) is 3.22. The molecule has 0 bridgehead atoms. The molecule has 0 saturated carbocycles.